The standard InChI is InChI=1S/C4H10ClO3P/c1-2-8-9(5,7)4-3-6/h6H,2-4H2,1H3. The first kappa shape index (κ1) is 9.44. The lowest BCUT2D eigenvalue weighted by Crippen LogP contribution is -1.93. The van der Waals surface area contributed by atoms with Crippen molar-refractivity contribution in [2.24, 2.45) is 0 Å². The fourth-order valence-electron chi connectivity index (χ4n) is 0.377. The van der Waals surface area contributed by atoms with Gasteiger partial charge in [0.15, 0.2) is 0 Å². The molecule has 9 heavy (non-hydrogen) atoms. The van der Waals surface area contributed by atoms with Gasteiger partial charge in [-0.3, -0.25) is 4.57 Å². The molecule has 0 aromatic rings. The van der Waals surface area contributed by atoms with Crippen LogP contribution in [-0.2, 0) is 9.09 Å². The number of hydrogen-bond acceptors (Lipinski definition) is 3. The first-order valence-electron chi connectivity index (χ1n) is 2.66. The summed E-state index contributed by atoms with van der Waals surface area (Å²) in [4.78, 5) is 0. The molecule has 0 fully saturated rings. The van der Waals surface area contributed by atoms with Crippen molar-refractivity contribution in [1.82, 2.24) is 0 Å². The second-order valence-electron chi connectivity index (χ2n) is 1.46. The lowest BCUT2D eigenvalue weighted by atomic mass is 10.9. The van der Waals surface area contributed by atoms with Crippen LogP contribution in [0.25, 0.3) is 0 Å². The third kappa shape index (κ3) is 4.91. The summed E-state index contributed by atoms with van der Waals surface area (Å²) in [5.41, 5.74) is 0. The highest BCUT2D eigenvalue weighted by Gasteiger charge is 2.16. The molecule has 56 valence electrons. The molecule has 0 aliphatic carbocycles. The maximum atomic E-state index is 10.8. The lowest BCUT2D eigenvalue weighted by molar-refractivity contribution is 0.301. The zero-order chi connectivity index (χ0) is 7.33. The second kappa shape index (κ2) is 4.29. The molecule has 5 heteroatoms. The Labute approximate surface area is 59.2 Å². The predicted molar refractivity (Wildman–Crippen MR) is 37.0 cm³/mol. The molecule has 1 unspecified atom stereocenters. The molecule has 1 N–H and O–H groups in total. The summed E-state index contributed by atoms with van der Waals surface area (Å²) in [6.07, 6.45) is 0.0302. The Balaban J connectivity index is 3.58. The summed E-state index contributed by atoms with van der Waals surface area (Å²) in [5, 5.41) is 8.29. The van der Waals surface area contributed by atoms with E-state index >= 15 is 0 Å². The van der Waals surface area contributed by atoms with E-state index in [2.05, 4.69) is 4.52 Å². The van der Waals surface area contributed by atoms with Crippen LogP contribution in [0.15, 0.2) is 0 Å². The minimum absolute atomic E-state index is 0.0302. The van der Waals surface area contributed by atoms with Gasteiger partial charge in [0.1, 0.15) is 0 Å². The van der Waals surface area contributed by atoms with Gasteiger partial charge in [-0.25, -0.2) is 0 Å². The third-order valence-corrected chi connectivity index (χ3v) is 2.87. The molecular weight excluding hydrogens is 162 g/mol. The maximum absolute atomic E-state index is 10.8. The number of aliphatic hydroxyl groups is 1. The van der Waals surface area contributed by atoms with Crippen LogP contribution in [0.1, 0.15) is 6.92 Å². The van der Waals surface area contributed by atoms with Gasteiger partial charge < -0.3 is 9.63 Å². The highest BCUT2D eigenvalue weighted by Crippen LogP contribution is 2.51. The first-order valence-corrected chi connectivity index (χ1v) is 5.38. The Morgan fingerprint density at radius 3 is 2.67 bits per heavy atom. The fraction of sp³-hybridized carbons (Fsp3) is 1.00. The Morgan fingerprint density at radius 2 is 2.33 bits per heavy atom. The van der Waals surface area contributed by atoms with E-state index in [1.165, 1.54) is 0 Å². The van der Waals surface area contributed by atoms with E-state index in [0.29, 0.717) is 6.61 Å². The third-order valence-electron chi connectivity index (χ3n) is 0.689. The first-order chi connectivity index (χ1) is 4.12. The van der Waals surface area contributed by atoms with E-state index in [1.54, 1.807) is 6.92 Å². The SMILES string of the molecule is CCOP(=O)(Cl)CCO. The Bertz CT molecular complexity index is 106. The van der Waals surface area contributed by atoms with Crippen LogP contribution in [0.5, 0.6) is 0 Å². The second-order valence-corrected chi connectivity index (χ2v) is 4.89. The average Bonchev–Trinajstić information content (AvgIpc) is 1.64. The highest BCUT2D eigenvalue weighted by molar-refractivity contribution is 7.85. The molecular formula is C4H10ClO3P. The van der Waals surface area contributed by atoms with Crippen molar-refractivity contribution in [3.05, 3.63) is 0 Å². The zero-order valence-electron chi connectivity index (χ0n) is 5.21. The molecule has 0 aromatic carbocycles. The van der Waals surface area contributed by atoms with Gasteiger partial charge in [0.05, 0.1) is 19.4 Å². The highest BCUT2D eigenvalue weighted by atomic mass is 35.7. The molecule has 0 saturated carbocycles. The monoisotopic (exact) mass is 172 g/mol. The summed E-state index contributed by atoms with van der Waals surface area (Å²) >= 11 is 5.31. The van der Waals surface area contributed by atoms with Gasteiger partial charge in [-0.15, -0.1) is 0 Å². The van der Waals surface area contributed by atoms with E-state index < -0.39 is 6.72 Å². The minimum Gasteiger partial charge on any atom is -0.396 e. The van der Waals surface area contributed by atoms with Crippen molar-refractivity contribution in [2.75, 3.05) is 19.4 Å². The molecule has 0 heterocycles. The number of rotatable bonds is 4. The smallest absolute Gasteiger partial charge is 0.292 e. The normalized spacial score (nSPS) is 17.2. The number of halogens is 1. The largest absolute Gasteiger partial charge is 0.396 e. The summed E-state index contributed by atoms with van der Waals surface area (Å²) < 4.78 is 15.4. The minimum atomic E-state index is -2.97. The number of hydrogen-bond donors (Lipinski definition) is 1. The molecule has 0 radical (unpaired) electrons. The van der Waals surface area contributed by atoms with Crippen LogP contribution in [0, 0.1) is 0 Å². The van der Waals surface area contributed by atoms with Gasteiger partial charge in [-0.2, -0.15) is 0 Å². The molecule has 3 nitrogen and oxygen atoms in total. The fourth-order valence-corrected chi connectivity index (χ4v) is 1.65. The van der Waals surface area contributed by atoms with Crippen LogP contribution in [-0.4, -0.2) is 24.5 Å². The zero-order valence-corrected chi connectivity index (χ0v) is 6.86. The molecule has 0 saturated heterocycles. The Kier molecular flexibility index (Phi) is 4.50. The van der Waals surface area contributed by atoms with Gasteiger partial charge in [-0.05, 0) is 18.2 Å². The average molecular weight is 173 g/mol. The summed E-state index contributed by atoms with van der Waals surface area (Å²) in [6, 6.07) is 0. The predicted octanol–water partition coefficient (Wildman–Crippen LogP) is 1.45. The van der Waals surface area contributed by atoms with Crippen LogP contribution >= 0.6 is 18.0 Å². The van der Waals surface area contributed by atoms with E-state index in [9.17, 15) is 4.57 Å². The van der Waals surface area contributed by atoms with E-state index in [-0.39, 0.29) is 12.8 Å². The van der Waals surface area contributed by atoms with E-state index in [4.69, 9.17) is 16.3 Å². The quantitative estimate of drug-likeness (QED) is 0.653. The van der Waals surface area contributed by atoms with Crippen molar-refractivity contribution in [1.29, 1.82) is 0 Å². The van der Waals surface area contributed by atoms with Crippen molar-refractivity contribution in [2.45, 2.75) is 6.92 Å². The van der Waals surface area contributed by atoms with Crippen molar-refractivity contribution in [3.8, 4) is 0 Å². The maximum Gasteiger partial charge on any atom is 0.292 e. The topological polar surface area (TPSA) is 46.5 Å². The number of aliphatic hydroxyl groups excluding tert-OH is 1. The van der Waals surface area contributed by atoms with Gasteiger partial charge in [0, 0.05) is 0 Å². The van der Waals surface area contributed by atoms with Crippen LogP contribution in [0.2, 0.25) is 0 Å². The van der Waals surface area contributed by atoms with Crippen LogP contribution in [0.3, 0.4) is 0 Å². The summed E-state index contributed by atoms with van der Waals surface area (Å²) in [5.74, 6) is 0. The van der Waals surface area contributed by atoms with Crippen molar-refractivity contribution < 1.29 is 14.2 Å². The van der Waals surface area contributed by atoms with Gasteiger partial charge in [-0.1, -0.05) is 0 Å². The molecule has 0 amide bonds. The Hall–Kier alpha value is 0.440. The van der Waals surface area contributed by atoms with Crippen molar-refractivity contribution >= 4 is 18.0 Å². The van der Waals surface area contributed by atoms with Gasteiger partial charge in [0.2, 0.25) is 0 Å². The molecule has 0 aliphatic rings. The van der Waals surface area contributed by atoms with Crippen LogP contribution in [0.4, 0.5) is 0 Å². The molecule has 0 aliphatic heterocycles. The molecule has 0 spiro atoms. The summed E-state index contributed by atoms with van der Waals surface area (Å²) in [6.45, 7) is -1.14. The van der Waals surface area contributed by atoms with Crippen LogP contribution < -0.4 is 0 Å². The molecule has 0 rings (SSSR count). The lowest BCUT2D eigenvalue weighted by Gasteiger charge is -2.06. The van der Waals surface area contributed by atoms with Gasteiger partial charge in [0.25, 0.3) is 6.72 Å². The van der Waals surface area contributed by atoms with Crippen molar-refractivity contribution in [3.63, 3.8) is 0 Å². The van der Waals surface area contributed by atoms with E-state index in [0.717, 1.165) is 0 Å². The van der Waals surface area contributed by atoms with E-state index in [1.807, 2.05) is 0 Å². The molecule has 0 aromatic heterocycles. The molecule has 1 atom stereocenters. The summed E-state index contributed by atoms with van der Waals surface area (Å²) in [7, 11) is 0. The van der Waals surface area contributed by atoms with Gasteiger partial charge >= 0.3 is 0 Å². The molecule has 0 bridgehead atoms. The Morgan fingerprint density at radius 1 is 1.78 bits per heavy atom.